The highest BCUT2D eigenvalue weighted by atomic mass is 35.5. The summed E-state index contributed by atoms with van der Waals surface area (Å²) >= 11 is 6.09. The number of methoxy groups -OCH3 is 1. The highest BCUT2D eigenvalue weighted by Crippen LogP contribution is 2.36. The molecule has 146 valence electrons. The van der Waals surface area contributed by atoms with Gasteiger partial charge in [0, 0.05) is 30.0 Å². The summed E-state index contributed by atoms with van der Waals surface area (Å²) in [6.07, 6.45) is 0.863. The maximum absolute atomic E-state index is 12.9. The van der Waals surface area contributed by atoms with Gasteiger partial charge in [0.25, 0.3) is 0 Å². The number of benzene rings is 2. The van der Waals surface area contributed by atoms with Gasteiger partial charge in [-0.05, 0) is 24.3 Å². The number of ether oxygens (including phenoxy) is 2. The first kappa shape index (κ1) is 18.6. The van der Waals surface area contributed by atoms with Gasteiger partial charge in [0.15, 0.2) is 0 Å². The zero-order valence-electron chi connectivity index (χ0n) is 15.5. The number of carbonyl (C=O) groups excluding carboxylic acids is 2. The van der Waals surface area contributed by atoms with E-state index in [0.29, 0.717) is 36.0 Å². The number of amides is 2. The number of rotatable bonds is 4. The van der Waals surface area contributed by atoms with Crippen molar-refractivity contribution in [2.24, 2.45) is 5.92 Å². The molecule has 0 unspecified atom stereocenters. The summed E-state index contributed by atoms with van der Waals surface area (Å²) in [6.45, 7) is 0.851. The second kappa shape index (κ2) is 7.72. The topological polar surface area (TPSA) is 67.9 Å². The molecule has 0 spiro atoms. The maximum atomic E-state index is 12.9. The van der Waals surface area contributed by atoms with E-state index in [1.54, 1.807) is 30.2 Å². The number of hydrogen-bond donors (Lipinski definition) is 1. The van der Waals surface area contributed by atoms with Crippen LogP contribution in [0.15, 0.2) is 42.5 Å². The number of carbonyl (C=O) groups is 2. The maximum Gasteiger partial charge on any atom is 0.227 e. The quantitative estimate of drug-likeness (QED) is 0.854. The van der Waals surface area contributed by atoms with Crippen molar-refractivity contribution >= 4 is 29.1 Å². The van der Waals surface area contributed by atoms with Gasteiger partial charge in [0.1, 0.15) is 11.5 Å². The third-order valence-corrected chi connectivity index (χ3v) is 5.44. The highest BCUT2D eigenvalue weighted by Gasteiger charge is 2.37. The first-order chi connectivity index (χ1) is 13.6. The molecular weight excluding hydrogens is 380 g/mol. The van der Waals surface area contributed by atoms with Crippen molar-refractivity contribution in [3.63, 3.8) is 0 Å². The number of hydrogen-bond acceptors (Lipinski definition) is 4. The van der Waals surface area contributed by atoms with Crippen LogP contribution < -0.4 is 19.7 Å². The Morgan fingerprint density at radius 1 is 1.29 bits per heavy atom. The zero-order chi connectivity index (χ0) is 19.7. The Bertz CT molecular complexity index is 917. The molecule has 0 saturated carbocycles. The van der Waals surface area contributed by atoms with Gasteiger partial charge < -0.3 is 19.7 Å². The van der Waals surface area contributed by atoms with Crippen molar-refractivity contribution in [3.8, 4) is 11.5 Å². The fourth-order valence-electron chi connectivity index (χ4n) is 3.77. The molecule has 0 radical (unpaired) electrons. The van der Waals surface area contributed by atoms with Crippen LogP contribution >= 0.6 is 11.6 Å². The molecule has 6 nitrogen and oxygen atoms in total. The molecule has 2 aromatic carbocycles. The molecule has 1 N–H and O–H groups in total. The van der Waals surface area contributed by atoms with Gasteiger partial charge in [0.2, 0.25) is 11.8 Å². The molecule has 2 amide bonds. The lowest BCUT2D eigenvalue weighted by Crippen LogP contribution is -2.37. The lowest BCUT2D eigenvalue weighted by atomic mass is 9.99. The van der Waals surface area contributed by atoms with Crippen LogP contribution in [0.5, 0.6) is 11.5 Å². The van der Waals surface area contributed by atoms with Crippen LogP contribution in [0, 0.1) is 5.92 Å². The number of fused-ring (bicyclic) bond motifs is 1. The minimum absolute atomic E-state index is 0.109. The van der Waals surface area contributed by atoms with Crippen LogP contribution in [0.4, 0.5) is 5.69 Å². The minimum atomic E-state index is -0.425. The summed E-state index contributed by atoms with van der Waals surface area (Å²) in [7, 11) is 1.54. The lowest BCUT2D eigenvalue weighted by Gasteiger charge is -2.27. The third kappa shape index (κ3) is 3.52. The van der Waals surface area contributed by atoms with Crippen molar-refractivity contribution in [2.45, 2.75) is 18.9 Å². The summed E-state index contributed by atoms with van der Waals surface area (Å²) in [6, 6.07) is 12.7. The van der Waals surface area contributed by atoms with Gasteiger partial charge in [-0.2, -0.15) is 0 Å². The van der Waals surface area contributed by atoms with Crippen molar-refractivity contribution < 1.29 is 19.1 Å². The second-order valence-corrected chi connectivity index (χ2v) is 7.39. The lowest BCUT2D eigenvalue weighted by molar-refractivity contribution is -0.127. The Morgan fingerprint density at radius 3 is 2.93 bits per heavy atom. The first-order valence-electron chi connectivity index (χ1n) is 9.23. The monoisotopic (exact) mass is 400 g/mol. The molecule has 2 aromatic rings. The van der Waals surface area contributed by atoms with E-state index in [1.165, 1.54) is 0 Å². The van der Waals surface area contributed by atoms with Crippen LogP contribution in [-0.4, -0.2) is 32.1 Å². The molecule has 4 rings (SSSR count). The van der Waals surface area contributed by atoms with Gasteiger partial charge in [0.05, 0.1) is 31.4 Å². The molecule has 0 aromatic heterocycles. The SMILES string of the molecule is COc1ccc(Cl)cc1N1C[C@@H](C(=O)N[C@H]2CCOc3ccccc32)CC1=O. The van der Waals surface area contributed by atoms with Crippen LogP contribution in [-0.2, 0) is 9.59 Å². The molecule has 2 aliphatic heterocycles. The smallest absolute Gasteiger partial charge is 0.227 e. The molecule has 0 bridgehead atoms. The van der Waals surface area contributed by atoms with Crippen molar-refractivity contribution in [1.82, 2.24) is 5.32 Å². The molecule has 0 aliphatic carbocycles. The highest BCUT2D eigenvalue weighted by molar-refractivity contribution is 6.31. The van der Waals surface area contributed by atoms with Gasteiger partial charge >= 0.3 is 0 Å². The van der Waals surface area contributed by atoms with E-state index in [0.717, 1.165) is 11.3 Å². The molecule has 28 heavy (non-hydrogen) atoms. The van der Waals surface area contributed by atoms with Crippen molar-refractivity contribution in [1.29, 1.82) is 0 Å². The Labute approximate surface area is 168 Å². The Kier molecular flexibility index (Phi) is 5.13. The number of para-hydroxylation sites is 1. The average Bonchev–Trinajstić information content (AvgIpc) is 3.10. The molecule has 2 heterocycles. The van der Waals surface area contributed by atoms with Gasteiger partial charge in [-0.25, -0.2) is 0 Å². The number of anilines is 1. The molecule has 1 fully saturated rings. The fourth-order valence-corrected chi connectivity index (χ4v) is 3.94. The van der Waals surface area contributed by atoms with E-state index >= 15 is 0 Å². The van der Waals surface area contributed by atoms with Crippen molar-refractivity contribution in [3.05, 3.63) is 53.1 Å². The summed E-state index contributed by atoms with van der Waals surface area (Å²) < 4.78 is 11.0. The summed E-state index contributed by atoms with van der Waals surface area (Å²) in [5.74, 6) is 0.682. The predicted octanol–water partition coefficient (Wildman–Crippen LogP) is 3.34. The van der Waals surface area contributed by atoms with E-state index in [1.807, 2.05) is 24.3 Å². The molecule has 7 heteroatoms. The third-order valence-electron chi connectivity index (χ3n) is 5.20. The number of nitrogens with zero attached hydrogens (tertiary/aromatic N) is 1. The van der Waals surface area contributed by atoms with Crippen LogP contribution in [0.2, 0.25) is 5.02 Å². The number of halogens is 1. The Morgan fingerprint density at radius 2 is 2.11 bits per heavy atom. The van der Waals surface area contributed by atoms with E-state index < -0.39 is 5.92 Å². The van der Waals surface area contributed by atoms with Crippen LogP contribution in [0.1, 0.15) is 24.4 Å². The van der Waals surface area contributed by atoms with Gasteiger partial charge in [-0.1, -0.05) is 29.8 Å². The average molecular weight is 401 g/mol. The largest absolute Gasteiger partial charge is 0.495 e. The second-order valence-electron chi connectivity index (χ2n) is 6.96. The van der Waals surface area contributed by atoms with Crippen molar-refractivity contribution in [2.75, 3.05) is 25.2 Å². The zero-order valence-corrected chi connectivity index (χ0v) is 16.2. The molecule has 2 aliphatic rings. The molecular formula is C21H21ClN2O4. The standard InChI is InChI=1S/C21H21ClN2O4/c1-27-19-7-6-14(22)11-17(19)24-12-13(10-20(24)25)21(26)23-16-8-9-28-18-5-3-2-4-15(16)18/h2-7,11,13,16H,8-10,12H2,1H3,(H,23,26)/t13-,16-/m0/s1. The van der Waals surface area contributed by atoms with E-state index in [-0.39, 0.29) is 24.3 Å². The van der Waals surface area contributed by atoms with Crippen LogP contribution in [0.25, 0.3) is 0 Å². The van der Waals surface area contributed by atoms with Gasteiger partial charge in [-0.3, -0.25) is 9.59 Å². The summed E-state index contributed by atoms with van der Waals surface area (Å²) in [5, 5.41) is 3.60. The predicted molar refractivity (Wildman–Crippen MR) is 106 cm³/mol. The minimum Gasteiger partial charge on any atom is -0.495 e. The van der Waals surface area contributed by atoms with Gasteiger partial charge in [-0.15, -0.1) is 0 Å². The summed E-state index contributed by atoms with van der Waals surface area (Å²) in [5.41, 5.74) is 1.56. The van der Waals surface area contributed by atoms with Crippen LogP contribution in [0.3, 0.4) is 0 Å². The summed E-state index contributed by atoms with van der Waals surface area (Å²) in [4.78, 5) is 27.0. The van der Waals surface area contributed by atoms with E-state index in [4.69, 9.17) is 21.1 Å². The normalized spacial score (nSPS) is 21.1. The Hall–Kier alpha value is -2.73. The van der Waals surface area contributed by atoms with E-state index in [2.05, 4.69) is 5.32 Å². The first-order valence-corrected chi connectivity index (χ1v) is 9.60. The number of nitrogens with one attached hydrogen (secondary N) is 1. The Balaban J connectivity index is 1.49. The fraction of sp³-hybridized carbons (Fsp3) is 0.333. The molecule has 2 atom stereocenters. The molecule has 1 saturated heterocycles. The van der Waals surface area contributed by atoms with E-state index in [9.17, 15) is 9.59 Å².